The van der Waals surface area contributed by atoms with E-state index in [4.69, 9.17) is 4.74 Å². The van der Waals surface area contributed by atoms with Crippen molar-refractivity contribution in [1.82, 2.24) is 5.32 Å². The van der Waals surface area contributed by atoms with Crippen LogP contribution in [0.5, 0.6) is 0 Å². The average Bonchev–Trinajstić information content (AvgIpc) is 2.28. The molecule has 0 radical (unpaired) electrons. The quantitative estimate of drug-likeness (QED) is 0.770. The highest BCUT2D eigenvalue weighted by molar-refractivity contribution is 5.70. The minimum Gasteiger partial charge on any atom is -0.466 e. The van der Waals surface area contributed by atoms with Crippen molar-refractivity contribution < 1.29 is 9.53 Å². The maximum absolute atomic E-state index is 11.3. The van der Waals surface area contributed by atoms with Crippen LogP contribution in [0.3, 0.4) is 0 Å². The van der Waals surface area contributed by atoms with Gasteiger partial charge in [0, 0.05) is 12.6 Å². The van der Waals surface area contributed by atoms with Gasteiger partial charge in [0.05, 0.1) is 13.0 Å². The van der Waals surface area contributed by atoms with Crippen molar-refractivity contribution in [2.45, 2.75) is 39.8 Å². The maximum atomic E-state index is 11.3. The molecule has 0 spiro atoms. The molecule has 0 aliphatic rings. The van der Waals surface area contributed by atoms with Crippen molar-refractivity contribution in [1.29, 1.82) is 0 Å². The second-order valence-electron chi connectivity index (χ2n) is 4.22. The second-order valence-corrected chi connectivity index (χ2v) is 4.22. The second kappa shape index (κ2) is 7.07. The van der Waals surface area contributed by atoms with E-state index < -0.39 is 0 Å². The van der Waals surface area contributed by atoms with Crippen molar-refractivity contribution >= 4 is 5.97 Å². The highest BCUT2D eigenvalue weighted by Crippen LogP contribution is 2.07. The lowest BCUT2D eigenvalue weighted by molar-refractivity contribution is -0.143. The van der Waals surface area contributed by atoms with Gasteiger partial charge in [0.1, 0.15) is 0 Å². The summed E-state index contributed by atoms with van der Waals surface area (Å²) >= 11 is 0. The summed E-state index contributed by atoms with van der Waals surface area (Å²) in [5, 5.41) is 3.33. The molecule has 1 aromatic carbocycles. The topological polar surface area (TPSA) is 38.3 Å². The van der Waals surface area contributed by atoms with E-state index in [1.165, 1.54) is 11.1 Å². The summed E-state index contributed by atoms with van der Waals surface area (Å²) in [5.41, 5.74) is 2.53. The summed E-state index contributed by atoms with van der Waals surface area (Å²) in [4.78, 5) is 11.3. The Hall–Kier alpha value is -1.35. The minimum atomic E-state index is -0.141. The highest BCUT2D eigenvalue weighted by Gasteiger charge is 2.09. The van der Waals surface area contributed by atoms with Crippen LogP contribution >= 0.6 is 0 Å². The van der Waals surface area contributed by atoms with E-state index in [0.29, 0.717) is 13.0 Å². The predicted octanol–water partition coefficient (Wildman–Crippen LogP) is 2.43. The van der Waals surface area contributed by atoms with E-state index in [0.717, 1.165) is 6.54 Å². The molecule has 0 aromatic heterocycles. The zero-order valence-corrected chi connectivity index (χ0v) is 10.8. The van der Waals surface area contributed by atoms with Gasteiger partial charge in [-0.1, -0.05) is 24.3 Å². The Bertz CT molecular complexity index is 363. The number of esters is 1. The summed E-state index contributed by atoms with van der Waals surface area (Å²) in [7, 11) is 0. The van der Waals surface area contributed by atoms with E-state index in [2.05, 4.69) is 24.4 Å². The molecule has 1 N–H and O–H groups in total. The fourth-order valence-corrected chi connectivity index (χ4v) is 1.63. The van der Waals surface area contributed by atoms with Gasteiger partial charge in [0.25, 0.3) is 0 Å². The normalized spacial score (nSPS) is 12.2. The van der Waals surface area contributed by atoms with Gasteiger partial charge < -0.3 is 10.1 Å². The van der Waals surface area contributed by atoms with Crippen molar-refractivity contribution in [2.24, 2.45) is 0 Å². The Morgan fingerprint density at radius 2 is 2.12 bits per heavy atom. The lowest BCUT2D eigenvalue weighted by Gasteiger charge is -2.14. The van der Waals surface area contributed by atoms with Crippen LogP contribution in [-0.4, -0.2) is 18.6 Å². The first-order chi connectivity index (χ1) is 8.13. The Morgan fingerprint density at radius 3 is 2.76 bits per heavy atom. The maximum Gasteiger partial charge on any atom is 0.307 e. The van der Waals surface area contributed by atoms with E-state index in [9.17, 15) is 4.79 Å². The number of hydrogen-bond donors (Lipinski definition) is 1. The van der Waals surface area contributed by atoms with Crippen molar-refractivity contribution in [3.8, 4) is 0 Å². The average molecular weight is 235 g/mol. The first-order valence-corrected chi connectivity index (χ1v) is 6.07. The number of nitrogens with one attached hydrogen (secondary N) is 1. The van der Waals surface area contributed by atoms with Crippen molar-refractivity contribution in [3.63, 3.8) is 0 Å². The Labute approximate surface area is 103 Å². The summed E-state index contributed by atoms with van der Waals surface area (Å²) in [6, 6.07) is 8.38. The molecule has 0 aliphatic heterocycles. The highest BCUT2D eigenvalue weighted by atomic mass is 16.5. The third-order valence-electron chi connectivity index (χ3n) is 2.68. The fraction of sp³-hybridized carbons (Fsp3) is 0.500. The van der Waals surface area contributed by atoms with Gasteiger partial charge in [0.15, 0.2) is 0 Å². The molecule has 1 unspecified atom stereocenters. The molecular formula is C14H21NO2. The zero-order chi connectivity index (χ0) is 12.7. The standard InChI is InChI=1S/C14H21NO2/c1-4-17-14(16)9-12(3)15-10-13-8-6-5-7-11(13)2/h5-8,12,15H,4,9-10H2,1-3H3. The summed E-state index contributed by atoms with van der Waals surface area (Å²) in [5.74, 6) is -0.141. The molecule has 3 nitrogen and oxygen atoms in total. The predicted molar refractivity (Wildman–Crippen MR) is 68.7 cm³/mol. The molecule has 1 atom stereocenters. The molecule has 17 heavy (non-hydrogen) atoms. The van der Waals surface area contributed by atoms with E-state index in [1.54, 1.807) is 0 Å². The molecule has 0 fully saturated rings. The van der Waals surface area contributed by atoms with Crippen LogP contribution in [-0.2, 0) is 16.1 Å². The van der Waals surface area contributed by atoms with Gasteiger partial charge in [0.2, 0.25) is 0 Å². The van der Waals surface area contributed by atoms with Crippen LogP contribution in [0.1, 0.15) is 31.4 Å². The summed E-state index contributed by atoms with van der Waals surface area (Å²) in [6.45, 7) is 7.14. The number of rotatable bonds is 6. The molecule has 0 amide bonds. The van der Waals surface area contributed by atoms with Crippen LogP contribution in [0.25, 0.3) is 0 Å². The Kier molecular flexibility index (Phi) is 5.70. The molecule has 3 heteroatoms. The van der Waals surface area contributed by atoms with Crippen LogP contribution < -0.4 is 5.32 Å². The molecule has 0 bridgehead atoms. The smallest absolute Gasteiger partial charge is 0.307 e. The largest absolute Gasteiger partial charge is 0.466 e. The van der Waals surface area contributed by atoms with Crippen molar-refractivity contribution in [3.05, 3.63) is 35.4 Å². The lowest BCUT2D eigenvalue weighted by Crippen LogP contribution is -2.29. The van der Waals surface area contributed by atoms with Gasteiger partial charge in [-0.2, -0.15) is 0 Å². The number of ether oxygens (including phenoxy) is 1. The number of benzene rings is 1. The van der Waals surface area contributed by atoms with Gasteiger partial charge >= 0.3 is 5.97 Å². The first-order valence-electron chi connectivity index (χ1n) is 6.07. The van der Waals surface area contributed by atoms with Crippen LogP contribution in [0.4, 0.5) is 0 Å². The van der Waals surface area contributed by atoms with Gasteiger partial charge in [-0.05, 0) is 31.9 Å². The third-order valence-corrected chi connectivity index (χ3v) is 2.68. The Balaban J connectivity index is 2.35. The zero-order valence-electron chi connectivity index (χ0n) is 10.8. The number of carbonyl (C=O) groups is 1. The Morgan fingerprint density at radius 1 is 1.41 bits per heavy atom. The number of hydrogen-bond acceptors (Lipinski definition) is 3. The number of carbonyl (C=O) groups excluding carboxylic acids is 1. The molecule has 1 aromatic rings. The first kappa shape index (κ1) is 13.7. The van der Waals surface area contributed by atoms with Gasteiger partial charge in [-0.15, -0.1) is 0 Å². The van der Waals surface area contributed by atoms with Crippen LogP contribution in [0.15, 0.2) is 24.3 Å². The van der Waals surface area contributed by atoms with E-state index in [1.807, 2.05) is 26.0 Å². The molecule has 0 saturated heterocycles. The van der Waals surface area contributed by atoms with Crippen LogP contribution in [0, 0.1) is 6.92 Å². The lowest BCUT2D eigenvalue weighted by atomic mass is 10.1. The van der Waals surface area contributed by atoms with E-state index >= 15 is 0 Å². The molecular weight excluding hydrogens is 214 g/mol. The SMILES string of the molecule is CCOC(=O)CC(C)NCc1ccccc1C. The molecule has 0 aliphatic carbocycles. The van der Waals surface area contributed by atoms with Crippen molar-refractivity contribution in [2.75, 3.05) is 6.61 Å². The van der Waals surface area contributed by atoms with Gasteiger partial charge in [-0.3, -0.25) is 4.79 Å². The van der Waals surface area contributed by atoms with E-state index in [-0.39, 0.29) is 12.0 Å². The molecule has 1 rings (SSSR count). The van der Waals surface area contributed by atoms with Gasteiger partial charge in [-0.25, -0.2) is 0 Å². The number of aryl methyl sites for hydroxylation is 1. The fourth-order valence-electron chi connectivity index (χ4n) is 1.63. The van der Waals surface area contributed by atoms with Crippen LogP contribution in [0.2, 0.25) is 0 Å². The summed E-state index contributed by atoms with van der Waals surface area (Å²) < 4.78 is 4.91. The molecule has 0 heterocycles. The third kappa shape index (κ3) is 5.00. The summed E-state index contributed by atoms with van der Waals surface area (Å²) in [6.07, 6.45) is 0.416. The monoisotopic (exact) mass is 235 g/mol. The molecule has 0 saturated carbocycles. The minimum absolute atomic E-state index is 0.133. The molecule has 94 valence electrons.